The van der Waals surface area contributed by atoms with E-state index in [0.29, 0.717) is 11.5 Å². The van der Waals surface area contributed by atoms with Crippen LogP contribution in [-0.2, 0) is 6.54 Å². The average molecular weight is 333 g/mol. The lowest BCUT2D eigenvalue weighted by Gasteiger charge is -2.17. The van der Waals surface area contributed by atoms with Crippen molar-refractivity contribution in [2.75, 3.05) is 13.1 Å². The zero-order chi connectivity index (χ0) is 17.4. The Labute approximate surface area is 147 Å². The maximum Gasteiger partial charge on any atom is 0.336 e. The third-order valence-electron chi connectivity index (χ3n) is 5.38. The summed E-state index contributed by atoms with van der Waals surface area (Å²) in [6.07, 6.45) is 1.17. The predicted molar refractivity (Wildman–Crippen MR) is 101 cm³/mol. The van der Waals surface area contributed by atoms with E-state index in [2.05, 4.69) is 48.2 Å². The molecule has 4 rings (SSSR count). The number of hydrogen-bond donors (Lipinski definition) is 0. The molecule has 0 aliphatic carbocycles. The van der Waals surface area contributed by atoms with Crippen molar-refractivity contribution in [1.82, 2.24) is 4.90 Å². The second-order valence-electron chi connectivity index (χ2n) is 7.15. The minimum atomic E-state index is -0.260. The number of fused-ring (bicyclic) bond motifs is 1. The smallest absolute Gasteiger partial charge is 0.336 e. The van der Waals surface area contributed by atoms with Gasteiger partial charge in [-0.15, -0.1) is 0 Å². The fraction of sp³-hybridized carbons (Fsp3) is 0.318. The summed E-state index contributed by atoms with van der Waals surface area (Å²) in [5.41, 5.74) is 5.30. The third-order valence-corrected chi connectivity index (χ3v) is 5.38. The Morgan fingerprint density at radius 2 is 1.84 bits per heavy atom. The van der Waals surface area contributed by atoms with Crippen molar-refractivity contribution in [2.24, 2.45) is 0 Å². The van der Waals surface area contributed by atoms with E-state index >= 15 is 0 Å². The van der Waals surface area contributed by atoms with E-state index in [-0.39, 0.29) is 5.63 Å². The molecule has 128 valence electrons. The molecule has 3 nitrogen and oxygen atoms in total. The van der Waals surface area contributed by atoms with Crippen LogP contribution < -0.4 is 5.63 Å². The van der Waals surface area contributed by atoms with Gasteiger partial charge in [-0.2, -0.15) is 0 Å². The molecule has 2 aromatic carbocycles. The molecule has 1 aliphatic rings. The highest BCUT2D eigenvalue weighted by molar-refractivity contribution is 5.81. The van der Waals surface area contributed by atoms with Crippen molar-refractivity contribution in [2.45, 2.75) is 32.7 Å². The molecule has 1 saturated heterocycles. The van der Waals surface area contributed by atoms with Crippen LogP contribution in [0.3, 0.4) is 0 Å². The molecule has 1 atom stereocenters. The van der Waals surface area contributed by atoms with Crippen LogP contribution in [0.15, 0.2) is 57.7 Å². The van der Waals surface area contributed by atoms with Crippen LogP contribution >= 0.6 is 0 Å². The molecule has 0 spiro atoms. The molecule has 3 aromatic rings. The zero-order valence-corrected chi connectivity index (χ0v) is 14.8. The van der Waals surface area contributed by atoms with Gasteiger partial charge in [0.05, 0.1) is 0 Å². The van der Waals surface area contributed by atoms with Gasteiger partial charge in [0.25, 0.3) is 0 Å². The van der Waals surface area contributed by atoms with Gasteiger partial charge in [0.2, 0.25) is 0 Å². The Kier molecular flexibility index (Phi) is 4.18. The summed E-state index contributed by atoms with van der Waals surface area (Å²) in [5.74, 6) is 0.580. The van der Waals surface area contributed by atoms with Gasteiger partial charge in [0, 0.05) is 24.5 Å². The highest BCUT2D eigenvalue weighted by Crippen LogP contribution is 2.29. The number of aryl methyl sites for hydroxylation is 2. The van der Waals surface area contributed by atoms with Crippen LogP contribution in [-0.4, -0.2) is 18.0 Å². The molecule has 25 heavy (non-hydrogen) atoms. The normalized spacial score (nSPS) is 18.1. The SMILES string of the molecule is Cc1cc2oc(=O)cc(CN3CCC(c4ccccc4)C3)c2cc1C. The van der Waals surface area contributed by atoms with Crippen LogP contribution in [0.4, 0.5) is 0 Å². The van der Waals surface area contributed by atoms with Crippen LogP contribution in [0.2, 0.25) is 0 Å². The maximum absolute atomic E-state index is 12.0. The van der Waals surface area contributed by atoms with Crippen molar-refractivity contribution >= 4 is 11.0 Å². The molecular formula is C22H23NO2. The molecule has 3 heteroatoms. The van der Waals surface area contributed by atoms with Crippen LogP contribution in [0.1, 0.15) is 34.6 Å². The maximum atomic E-state index is 12.0. The molecule has 0 N–H and O–H groups in total. The van der Waals surface area contributed by atoms with Crippen molar-refractivity contribution in [1.29, 1.82) is 0 Å². The van der Waals surface area contributed by atoms with Crippen molar-refractivity contribution in [3.05, 3.63) is 81.2 Å². The molecule has 2 heterocycles. The minimum Gasteiger partial charge on any atom is -0.423 e. The number of nitrogens with zero attached hydrogens (tertiary/aromatic N) is 1. The van der Waals surface area contributed by atoms with Gasteiger partial charge in [-0.3, -0.25) is 4.90 Å². The van der Waals surface area contributed by atoms with Gasteiger partial charge < -0.3 is 4.42 Å². The van der Waals surface area contributed by atoms with Gasteiger partial charge in [-0.05, 0) is 67.1 Å². The van der Waals surface area contributed by atoms with Gasteiger partial charge >= 0.3 is 5.63 Å². The van der Waals surface area contributed by atoms with E-state index in [1.54, 1.807) is 6.07 Å². The molecule has 0 amide bonds. The molecule has 1 fully saturated rings. The van der Waals surface area contributed by atoms with Gasteiger partial charge in [-0.25, -0.2) is 4.79 Å². The van der Waals surface area contributed by atoms with Crippen molar-refractivity contribution in [3.8, 4) is 0 Å². The highest BCUT2D eigenvalue weighted by atomic mass is 16.4. The largest absolute Gasteiger partial charge is 0.423 e. The number of rotatable bonds is 3. The van der Waals surface area contributed by atoms with E-state index in [1.165, 1.54) is 17.5 Å². The second kappa shape index (κ2) is 6.49. The first-order valence-corrected chi connectivity index (χ1v) is 8.91. The predicted octanol–water partition coefficient (Wildman–Crippen LogP) is 4.40. The topological polar surface area (TPSA) is 33.5 Å². The minimum absolute atomic E-state index is 0.260. The number of benzene rings is 2. The van der Waals surface area contributed by atoms with E-state index in [1.807, 2.05) is 13.0 Å². The summed E-state index contributed by atoms with van der Waals surface area (Å²) in [6, 6.07) is 16.5. The Morgan fingerprint density at radius 1 is 1.08 bits per heavy atom. The summed E-state index contributed by atoms with van der Waals surface area (Å²) in [5, 5.41) is 1.06. The number of hydrogen-bond acceptors (Lipinski definition) is 3. The van der Waals surface area contributed by atoms with E-state index in [4.69, 9.17) is 4.42 Å². The Hall–Kier alpha value is -2.39. The van der Waals surface area contributed by atoms with E-state index in [0.717, 1.165) is 36.1 Å². The monoisotopic (exact) mass is 333 g/mol. The highest BCUT2D eigenvalue weighted by Gasteiger charge is 2.24. The lowest BCUT2D eigenvalue weighted by molar-refractivity contribution is 0.327. The summed E-state index contributed by atoms with van der Waals surface area (Å²) in [4.78, 5) is 14.4. The van der Waals surface area contributed by atoms with E-state index in [9.17, 15) is 4.79 Å². The summed E-state index contributed by atoms with van der Waals surface area (Å²) in [6.45, 7) is 7.05. The molecule has 0 bridgehead atoms. The average Bonchev–Trinajstić information content (AvgIpc) is 3.06. The molecule has 0 saturated carbocycles. The first-order valence-electron chi connectivity index (χ1n) is 8.91. The quantitative estimate of drug-likeness (QED) is 0.666. The molecule has 1 aliphatic heterocycles. The number of likely N-dealkylation sites (tertiary alicyclic amines) is 1. The first kappa shape index (κ1) is 16.1. The first-order chi connectivity index (χ1) is 12.1. The van der Waals surface area contributed by atoms with Crippen LogP contribution in [0.25, 0.3) is 11.0 Å². The summed E-state index contributed by atoms with van der Waals surface area (Å²) < 4.78 is 5.42. The Bertz CT molecular complexity index is 959. The lowest BCUT2D eigenvalue weighted by atomic mass is 9.99. The standard InChI is InChI=1S/C22H23NO2/c1-15-10-20-19(12-22(24)25-21(20)11-16(15)2)14-23-9-8-18(13-23)17-6-4-3-5-7-17/h3-7,10-12,18H,8-9,13-14H2,1-2H3. The van der Waals surface area contributed by atoms with Crippen molar-refractivity contribution in [3.63, 3.8) is 0 Å². The van der Waals surface area contributed by atoms with Gasteiger partial charge in [0.15, 0.2) is 0 Å². The van der Waals surface area contributed by atoms with Gasteiger partial charge in [0.1, 0.15) is 5.58 Å². The van der Waals surface area contributed by atoms with Crippen LogP contribution in [0.5, 0.6) is 0 Å². The second-order valence-corrected chi connectivity index (χ2v) is 7.15. The fourth-order valence-electron chi connectivity index (χ4n) is 3.83. The van der Waals surface area contributed by atoms with Gasteiger partial charge in [-0.1, -0.05) is 30.3 Å². The Morgan fingerprint density at radius 3 is 2.64 bits per heavy atom. The Balaban J connectivity index is 1.61. The lowest BCUT2D eigenvalue weighted by Crippen LogP contribution is -2.20. The van der Waals surface area contributed by atoms with E-state index < -0.39 is 0 Å². The third kappa shape index (κ3) is 3.24. The fourth-order valence-corrected chi connectivity index (χ4v) is 3.83. The summed E-state index contributed by atoms with van der Waals surface area (Å²) in [7, 11) is 0. The van der Waals surface area contributed by atoms with Crippen LogP contribution in [0, 0.1) is 13.8 Å². The molecule has 1 aromatic heterocycles. The zero-order valence-electron chi connectivity index (χ0n) is 14.8. The molecule has 1 unspecified atom stereocenters. The van der Waals surface area contributed by atoms with Crippen molar-refractivity contribution < 1.29 is 4.42 Å². The molecular weight excluding hydrogens is 310 g/mol. The summed E-state index contributed by atoms with van der Waals surface area (Å²) >= 11 is 0. The molecule has 0 radical (unpaired) electrons.